The van der Waals surface area contributed by atoms with Crippen LogP contribution in [0, 0.1) is 0 Å². The van der Waals surface area contributed by atoms with Crippen LogP contribution in [0.25, 0.3) is 44.5 Å². The van der Waals surface area contributed by atoms with Crippen molar-refractivity contribution in [1.82, 2.24) is 15.1 Å². The number of nitrogens with two attached hydrogens (primary N) is 1. The number of nitrogen functional groups attached to an aromatic ring is 1. The second-order valence-corrected chi connectivity index (χ2v) is 6.03. The van der Waals surface area contributed by atoms with E-state index in [2.05, 4.69) is 5.16 Å². The second kappa shape index (κ2) is 5.67. The molecule has 0 aliphatic heterocycles. The first-order valence-electron chi connectivity index (χ1n) is 8.28. The average Bonchev–Trinajstić information content (AvgIpc) is 3.09. The molecule has 0 atom stereocenters. The van der Waals surface area contributed by atoms with E-state index in [-0.39, 0.29) is 5.88 Å². The van der Waals surface area contributed by atoms with Crippen LogP contribution >= 0.6 is 0 Å². The lowest BCUT2D eigenvalue weighted by atomic mass is 10.0. The molecule has 5 rings (SSSR count). The topological polar surface area (TPSA) is 77.8 Å². The van der Waals surface area contributed by atoms with Crippen molar-refractivity contribution in [3.63, 3.8) is 0 Å². The van der Waals surface area contributed by atoms with E-state index in [0.29, 0.717) is 16.4 Å². The molecular formula is C21H14N4O. The zero-order valence-corrected chi connectivity index (χ0v) is 13.8. The van der Waals surface area contributed by atoms with Crippen LogP contribution in [0.1, 0.15) is 0 Å². The number of nitrogens with zero attached hydrogens (tertiary/aromatic N) is 3. The summed E-state index contributed by atoms with van der Waals surface area (Å²) in [5.41, 5.74) is 11.8. The van der Waals surface area contributed by atoms with Crippen molar-refractivity contribution < 1.29 is 4.52 Å². The fourth-order valence-corrected chi connectivity index (χ4v) is 3.17. The first-order valence-corrected chi connectivity index (χ1v) is 8.28. The molecule has 0 aliphatic rings. The lowest BCUT2D eigenvalue weighted by molar-refractivity contribution is 0.445. The van der Waals surface area contributed by atoms with Gasteiger partial charge < -0.3 is 10.3 Å². The third-order valence-electron chi connectivity index (χ3n) is 4.40. The van der Waals surface area contributed by atoms with Crippen molar-refractivity contribution >= 4 is 27.8 Å². The van der Waals surface area contributed by atoms with E-state index in [9.17, 15) is 0 Å². The molecule has 0 fully saturated rings. The zero-order valence-electron chi connectivity index (χ0n) is 13.8. The second-order valence-electron chi connectivity index (χ2n) is 6.03. The Morgan fingerprint density at radius 2 is 1.23 bits per heavy atom. The van der Waals surface area contributed by atoms with Crippen molar-refractivity contribution in [2.24, 2.45) is 0 Å². The number of anilines is 1. The van der Waals surface area contributed by atoms with Gasteiger partial charge in [-0.2, -0.15) is 0 Å². The summed E-state index contributed by atoms with van der Waals surface area (Å²) in [6.07, 6.45) is 0. The standard InChI is InChI=1S/C21H14N4O/c22-21-17-15(25-26-21)11-12-16-20(17)24-19(14-9-5-2-6-10-14)18(23-16)13-7-3-1-4-8-13/h1-12H,22H2. The normalized spacial score (nSPS) is 11.2. The van der Waals surface area contributed by atoms with Gasteiger partial charge in [-0.3, -0.25) is 0 Å². The molecule has 124 valence electrons. The first-order chi connectivity index (χ1) is 12.8. The number of hydrogen-bond acceptors (Lipinski definition) is 5. The van der Waals surface area contributed by atoms with Gasteiger partial charge in [0.25, 0.3) is 0 Å². The molecule has 0 bridgehead atoms. The fraction of sp³-hybridized carbons (Fsp3) is 0. The third kappa shape index (κ3) is 2.22. The molecular weight excluding hydrogens is 324 g/mol. The molecule has 0 unspecified atom stereocenters. The van der Waals surface area contributed by atoms with Crippen LogP contribution in [0.15, 0.2) is 77.3 Å². The lowest BCUT2D eigenvalue weighted by Gasteiger charge is -2.11. The van der Waals surface area contributed by atoms with E-state index in [0.717, 1.165) is 28.0 Å². The molecule has 0 amide bonds. The molecule has 5 nitrogen and oxygen atoms in total. The van der Waals surface area contributed by atoms with Gasteiger partial charge in [-0.25, -0.2) is 9.97 Å². The van der Waals surface area contributed by atoms with E-state index < -0.39 is 0 Å². The Morgan fingerprint density at radius 3 is 1.88 bits per heavy atom. The molecule has 2 aromatic heterocycles. The summed E-state index contributed by atoms with van der Waals surface area (Å²) in [6, 6.07) is 23.8. The van der Waals surface area contributed by atoms with Gasteiger partial charge in [0.2, 0.25) is 5.88 Å². The highest BCUT2D eigenvalue weighted by atomic mass is 16.5. The summed E-state index contributed by atoms with van der Waals surface area (Å²) < 4.78 is 5.14. The maximum absolute atomic E-state index is 5.98. The molecule has 3 aromatic carbocycles. The molecule has 0 aliphatic carbocycles. The van der Waals surface area contributed by atoms with E-state index >= 15 is 0 Å². The third-order valence-corrected chi connectivity index (χ3v) is 4.40. The van der Waals surface area contributed by atoms with Crippen LogP contribution in [-0.2, 0) is 0 Å². The molecule has 2 N–H and O–H groups in total. The molecule has 5 heteroatoms. The quantitative estimate of drug-likeness (QED) is 0.505. The number of benzene rings is 3. The largest absolute Gasteiger partial charge is 0.367 e. The summed E-state index contributed by atoms with van der Waals surface area (Å²) in [5.74, 6) is 0.256. The predicted octanol–water partition coefficient (Wildman–Crippen LogP) is 4.69. The minimum Gasteiger partial charge on any atom is -0.367 e. The Balaban J connectivity index is 1.91. The van der Waals surface area contributed by atoms with Gasteiger partial charge >= 0.3 is 0 Å². The number of rotatable bonds is 2. The van der Waals surface area contributed by atoms with E-state index in [4.69, 9.17) is 20.2 Å². The van der Waals surface area contributed by atoms with Crippen LogP contribution in [0.5, 0.6) is 0 Å². The summed E-state index contributed by atoms with van der Waals surface area (Å²) >= 11 is 0. The molecule has 0 saturated heterocycles. The monoisotopic (exact) mass is 338 g/mol. The van der Waals surface area contributed by atoms with E-state index in [1.807, 2.05) is 72.8 Å². The predicted molar refractivity (Wildman–Crippen MR) is 102 cm³/mol. The van der Waals surface area contributed by atoms with Crippen LogP contribution < -0.4 is 5.73 Å². The Labute approximate surface area is 149 Å². The van der Waals surface area contributed by atoms with Gasteiger partial charge in [0.1, 0.15) is 11.0 Å². The van der Waals surface area contributed by atoms with Gasteiger partial charge in [0.15, 0.2) is 0 Å². The fourth-order valence-electron chi connectivity index (χ4n) is 3.17. The number of fused-ring (bicyclic) bond motifs is 3. The average molecular weight is 338 g/mol. The van der Waals surface area contributed by atoms with Crippen molar-refractivity contribution in [3.05, 3.63) is 72.8 Å². The van der Waals surface area contributed by atoms with Crippen LogP contribution in [0.4, 0.5) is 5.88 Å². The Hall–Kier alpha value is -3.73. The smallest absolute Gasteiger partial charge is 0.232 e. The summed E-state index contributed by atoms with van der Waals surface area (Å²) in [4.78, 5) is 9.85. The highest BCUT2D eigenvalue weighted by molar-refractivity contribution is 6.08. The highest BCUT2D eigenvalue weighted by Crippen LogP contribution is 2.34. The number of aromatic nitrogens is 3. The van der Waals surface area contributed by atoms with Gasteiger partial charge in [-0.05, 0) is 12.1 Å². The van der Waals surface area contributed by atoms with Crippen LogP contribution in [-0.4, -0.2) is 15.1 Å². The van der Waals surface area contributed by atoms with Gasteiger partial charge in [-0.1, -0.05) is 65.8 Å². The van der Waals surface area contributed by atoms with E-state index in [1.165, 1.54) is 0 Å². The lowest BCUT2D eigenvalue weighted by Crippen LogP contribution is -1.96. The Morgan fingerprint density at radius 1 is 0.654 bits per heavy atom. The minimum absolute atomic E-state index is 0.256. The van der Waals surface area contributed by atoms with Crippen molar-refractivity contribution in [2.75, 3.05) is 5.73 Å². The zero-order chi connectivity index (χ0) is 17.5. The van der Waals surface area contributed by atoms with Gasteiger partial charge in [0.05, 0.1) is 22.3 Å². The Bertz CT molecular complexity index is 1230. The van der Waals surface area contributed by atoms with Gasteiger partial charge in [0, 0.05) is 11.1 Å². The molecule has 0 radical (unpaired) electrons. The highest BCUT2D eigenvalue weighted by Gasteiger charge is 2.17. The molecule has 2 heterocycles. The summed E-state index contributed by atoms with van der Waals surface area (Å²) in [7, 11) is 0. The van der Waals surface area contributed by atoms with Crippen molar-refractivity contribution in [1.29, 1.82) is 0 Å². The van der Waals surface area contributed by atoms with E-state index in [1.54, 1.807) is 0 Å². The minimum atomic E-state index is 0.256. The van der Waals surface area contributed by atoms with Crippen molar-refractivity contribution in [2.45, 2.75) is 0 Å². The maximum Gasteiger partial charge on any atom is 0.232 e. The van der Waals surface area contributed by atoms with Crippen molar-refractivity contribution in [3.8, 4) is 22.5 Å². The molecule has 0 spiro atoms. The summed E-state index contributed by atoms with van der Waals surface area (Å²) in [6.45, 7) is 0. The first kappa shape index (κ1) is 14.6. The molecule has 0 saturated carbocycles. The molecule has 26 heavy (non-hydrogen) atoms. The Kier molecular flexibility index (Phi) is 3.18. The SMILES string of the molecule is Nc1onc2ccc3nc(-c4ccccc4)c(-c4ccccc4)nc3c12. The van der Waals surface area contributed by atoms with Gasteiger partial charge in [-0.15, -0.1) is 0 Å². The number of hydrogen-bond donors (Lipinski definition) is 1. The summed E-state index contributed by atoms with van der Waals surface area (Å²) in [5, 5.41) is 4.68. The van der Waals surface area contributed by atoms with Crippen LogP contribution in [0.3, 0.4) is 0 Å². The molecule has 5 aromatic rings. The maximum atomic E-state index is 5.98. The van der Waals surface area contributed by atoms with Crippen LogP contribution in [0.2, 0.25) is 0 Å².